The van der Waals surface area contributed by atoms with Gasteiger partial charge in [0.15, 0.2) is 0 Å². The second-order valence-corrected chi connectivity index (χ2v) is 5.24. The fourth-order valence-corrected chi connectivity index (χ4v) is 2.36. The largest absolute Gasteiger partial charge is 0.491 e. The molecular formula is C16H23N3O. The van der Waals surface area contributed by atoms with Crippen molar-refractivity contribution in [1.82, 2.24) is 15.1 Å². The Morgan fingerprint density at radius 2 is 1.90 bits per heavy atom. The third kappa shape index (κ3) is 2.85. The zero-order valence-corrected chi connectivity index (χ0v) is 12.8. The van der Waals surface area contributed by atoms with Gasteiger partial charge >= 0.3 is 0 Å². The van der Waals surface area contributed by atoms with Gasteiger partial charge in [0, 0.05) is 23.9 Å². The van der Waals surface area contributed by atoms with Crippen molar-refractivity contribution < 1.29 is 4.74 Å². The number of ether oxygens (including phenoxy) is 1. The third-order valence-electron chi connectivity index (χ3n) is 3.47. The second kappa shape index (κ2) is 6.09. The molecule has 108 valence electrons. The number of nitrogens with zero attached hydrogens (tertiary/aromatic N) is 2. The van der Waals surface area contributed by atoms with Gasteiger partial charge in [-0.2, -0.15) is 5.10 Å². The predicted molar refractivity (Wildman–Crippen MR) is 81.1 cm³/mol. The Morgan fingerprint density at radius 3 is 2.45 bits per heavy atom. The van der Waals surface area contributed by atoms with Gasteiger partial charge in [-0.1, -0.05) is 18.2 Å². The summed E-state index contributed by atoms with van der Waals surface area (Å²) in [5, 5.41) is 7.71. The van der Waals surface area contributed by atoms with Crippen molar-refractivity contribution in [2.24, 2.45) is 7.05 Å². The molecule has 0 amide bonds. The van der Waals surface area contributed by atoms with Gasteiger partial charge < -0.3 is 10.1 Å². The summed E-state index contributed by atoms with van der Waals surface area (Å²) in [5.41, 5.74) is 3.47. The number of aromatic nitrogens is 2. The maximum absolute atomic E-state index is 5.93. The molecule has 0 spiro atoms. The van der Waals surface area contributed by atoms with Crippen LogP contribution in [-0.2, 0) is 7.05 Å². The molecule has 1 atom stereocenters. The maximum atomic E-state index is 5.93. The highest BCUT2D eigenvalue weighted by atomic mass is 16.5. The average molecular weight is 273 g/mol. The Labute approximate surface area is 120 Å². The molecule has 0 aliphatic rings. The first-order valence-electron chi connectivity index (χ1n) is 6.96. The number of aryl methyl sites for hydroxylation is 1. The van der Waals surface area contributed by atoms with E-state index >= 15 is 0 Å². The Morgan fingerprint density at radius 1 is 1.20 bits per heavy atom. The quantitative estimate of drug-likeness (QED) is 0.910. The van der Waals surface area contributed by atoms with Gasteiger partial charge in [-0.15, -0.1) is 0 Å². The Hall–Kier alpha value is -1.81. The smallest absolute Gasteiger partial charge is 0.124 e. The number of nitrogens with one attached hydrogen (secondary N) is 1. The van der Waals surface area contributed by atoms with Crippen LogP contribution < -0.4 is 10.1 Å². The minimum atomic E-state index is 0.0821. The molecule has 4 nitrogen and oxygen atoms in total. The Kier molecular flexibility index (Phi) is 4.45. The molecule has 4 heteroatoms. The summed E-state index contributed by atoms with van der Waals surface area (Å²) in [5.74, 6) is 0.921. The highest BCUT2D eigenvalue weighted by Crippen LogP contribution is 2.31. The number of para-hydroxylation sites is 1. The van der Waals surface area contributed by atoms with Gasteiger partial charge in [0.25, 0.3) is 0 Å². The van der Waals surface area contributed by atoms with Crippen molar-refractivity contribution in [1.29, 1.82) is 0 Å². The molecule has 1 unspecified atom stereocenters. The number of hydrogen-bond donors (Lipinski definition) is 1. The first-order chi connectivity index (χ1) is 9.54. The van der Waals surface area contributed by atoms with Crippen LogP contribution in [0.1, 0.15) is 36.7 Å². The van der Waals surface area contributed by atoms with Crippen LogP contribution >= 0.6 is 0 Å². The van der Waals surface area contributed by atoms with Crippen LogP contribution in [0.25, 0.3) is 0 Å². The van der Waals surface area contributed by atoms with E-state index in [1.165, 1.54) is 5.56 Å². The van der Waals surface area contributed by atoms with Gasteiger partial charge in [-0.05, 0) is 33.9 Å². The topological polar surface area (TPSA) is 39.1 Å². The van der Waals surface area contributed by atoms with Crippen LogP contribution in [0.5, 0.6) is 5.75 Å². The first-order valence-corrected chi connectivity index (χ1v) is 6.96. The number of hydrogen-bond acceptors (Lipinski definition) is 3. The van der Waals surface area contributed by atoms with E-state index in [1.54, 1.807) is 0 Å². The van der Waals surface area contributed by atoms with Gasteiger partial charge in [0.1, 0.15) is 5.75 Å². The minimum Gasteiger partial charge on any atom is -0.491 e. The number of benzene rings is 1. The minimum absolute atomic E-state index is 0.0821. The molecular weight excluding hydrogens is 250 g/mol. The second-order valence-electron chi connectivity index (χ2n) is 5.24. The normalized spacial score (nSPS) is 12.7. The summed E-state index contributed by atoms with van der Waals surface area (Å²) in [6, 6.07) is 8.25. The molecule has 0 saturated heterocycles. The van der Waals surface area contributed by atoms with Crippen LogP contribution in [0.2, 0.25) is 0 Å². The highest BCUT2D eigenvalue weighted by molar-refractivity contribution is 5.42. The fourth-order valence-electron chi connectivity index (χ4n) is 2.36. The van der Waals surface area contributed by atoms with E-state index in [0.717, 1.165) is 17.0 Å². The highest BCUT2D eigenvalue weighted by Gasteiger charge is 2.20. The van der Waals surface area contributed by atoms with Gasteiger partial charge in [-0.3, -0.25) is 4.68 Å². The van der Waals surface area contributed by atoms with E-state index in [9.17, 15) is 0 Å². The molecule has 1 N–H and O–H groups in total. The molecule has 0 aliphatic carbocycles. The zero-order valence-electron chi connectivity index (χ0n) is 12.8. The lowest BCUT2D eigenvalue weighted by Crippen LogP contribution is -2.20. The van der Waals surface area contributed by atoms with E-state index in [2.05, 4.69) is 23.4 Å². The van der Waals surface area contributed by atoms with Crippen LogP contribution in [0.4, 0.5) is 0 Å². The van der Waals surface area contributed by atoms with Crippen molar-refractivity contribution in [3.8, 4) is 5.75 Å². The average Bonchev–Trinajstić information content (AvgIpc) is 2.73. The molecule has 1 heterocycles. The van der Waals surface area contributed by atoms with Gasteiger partial charge in [0.2, 0.25) is 0 Å². The molecule has 0 saturated carbocycles. The van der Waals surface area contributed by atoms with E-state index in [-0.39, 0.29) is 12.1 Å². The van der Waals surface area contributed by atoms with E-state index in [0.29, 0.717) is 0 Å². The van der Waals surface area contributed by atoms with Gasteiger partial charge in [0.05, 0.1) is 18.3 Å². The van der Waals surface area contributed by atoms with Crippen molar-refractivity contribution in [3.63, 3.8) is 0 Å². The zero-order chi connectivity index (χ0) is 14.7. The van der Waals surface area contributed by atoms with Crippen LogP contribution in [0.15, 0.2) is 30.5 Å². The maximum Gasteiger partial charge on any atom is 0.124 e. The van der Waals surface area contributed by atoms with Crippen LogP contribution in [-0.4, -0.2) is 22.9 Å². The summed E-state index contributed by atoms with van der Waals surface area (Å²) in [7, 11) is 3.92. The lowest BCUT2D eigenvalue weighted by Gasteiger charge is -2.21. The first kappa shape index (κ1) is 14.6. The predicted octanol–water partition coefficient (Wildman–Crippen LogP) is 2.82. The molecule has 0 aliphatic heterocycles. The molecule has 2 rings (SSSR count). The van der Waals surface area contributed by atoms with Gasteiger partial charge in [-0.25, -0.2) is 0 Å². The SMILES string of the molecule is CNC(c1ccccc1OC(C)C)c1cnn(C)c1C. The molecule has 20 heavy (non-hydrogen) atoms. The van der Waals surface area contributed by atoms with Crippen LogP contribution in [0.3, 0.4) is 0 Å². The molecule has 0 fully saturated rings. The molecule has 1 aromatic heterocycles. The molecule has 2 aromatic rings. The van der Waals surface area contributed by atoms with Crippen LogP contribution in [0, 0.1) is 6.92 Å². The summed E-state index contributed by atoms with van der Waals surface area (Å²) in [6.45, 7) is 6.17. The lowest BCUT2D eigenvalue weighted by atomic mass is 9.98. The van der Waals surface area contributed by atoms with Crippen molar-refractivity contribution in [2.45, 2.75) is 32.9 Å². The fraction of sp³-hybridized carbons (Fsp3) is 0.438. The Balaban J connectivity index is 2.44. The van der Waals surface area contributed by atoms with E-state index in [4.69, 9.17) is 4.74 Å². The summed E-state index contributed by atoms with van der Waals surface area (Å²) in [6.07, 6.45) is 2.08. The Bertz CT molecular complexity index is 575. The number of rotatable bonds is 5. The van der Waals surface area contributed by atoms with Crippen molar-refractivity contribution in [3.05, 3.63) is 47.3 Å². The lowest BCUT2D eigenvalue weighted by molar-refractivity contribution is 0.238. The molecule has 1 aromatic carbocycles. The molecule has 0 radical (unpaired) electrons. The van der Waals surface area contributed by atoms with E-state index in [1.807, 2.05) is 57.0 Å². The van der Waals surface area contributed by atoms with E-state index < -0.39 is 0 Å². The molecule has 0 bridgehead atoms. The standard InChI is InChI=1S/C16H23N3O/c1-11(2)20-15-9-7-6-8-13(15)16(17-4)14-10-18-19(5)12(14)3/h6-11,16-17H,1-5H3. The third-order valence-corrected chi connectivity index (χ3v) is 3.47. The van der Waals surface area contributed by atoms with Crippen molar-refractivity contribution in [2.75, 3.05) is 7.05 Å². The monoisotopic (exact) mass is 273 g/mol. The summed E-state index contributed by atoms with van der Waals surface area (Å²) >= 11 is 0. The summed E-state index contributed by atoms with van der Waals surface area (Å²) in [4.78, 5) is 0. The summed E-state index contributed by atoms with van der Waals surface area (Å²) < 4.78 is 7.82. The van der Waals surface area contributed by atoms with Crippen molar-refractivity contribution >= 4 is 0 Å².